The first kappa shape index (κ1) is 46.3. The summed E-state index contributed by atoms with van der Waals surface area (Å²) >= 11 is 3.74. The second-order valence-corrected chi connectivity index (χ2v) is 22.8. The van der Waals surface area contributed by atoms with Crippen LogP contribution in [0.5, 0.6) is 0 Å². The lowest BCUT2D eigenvalue weighted by Gasteiger charge is -2.28. The van der Waals surface area contributed by atoms with Gasteiger partial charge in [-0.1, -0.05) is 231 Å². The Labute approximate surface area is 471 Å². The molecule has 0 N–H and O–H groups in total. The minimum absolute atomic E-state index is 1.11. The largest absolute Gasteiger partial charge is 0.308 e. The predicted molar refractivity (Wildman–Crippen MR) is 347 cm³/mol. The van der Waals surface area contributed by atoms with Crippen molar-refractivity contribution in [3.8, 4) is 44.5 Å². The second-order valence-electron chi connectivity index (χ2n) is 20.7. The van der Waals surface area contributed by atoms with Crippen LogP contribution in [0.15, 0.2) is 291 Å². The molecule has 80 heavy (non-hydrogen) atoms. The van der Waals surface area contributed by atoms with E-state index in [0.717, 1.165) is 22.7 Å². The number of para-hydroxylation sites is 2. The Bertz CT molecular complexity index is 4680. The van der Waals surface area contributed by atoms with E-state index in [9.17, 15) is 0 Å². The highest BCUT2D eigenvalue weighted by atomic mass is 32.1. The fraction of sp³-hybridized carbons (Fsp3) is 0. The number of anilines is 6. The van der Waals surface area contributed by atoms with Gasteiger partial charge < -0.3 is 9.80 Å². The number of hydrogen-bond acceptors (Lipinski definition) is 4. The molecule has 0 saturated heterocycles. The lowest BCUT2D eigenvalue weighted by molar-refractivity contribution is 1.30. The molecule has 0 saturated carbocycles. The quantitative estimate of drug-likeness (QED) is 0.126. The van der Waals surface area contributed by atoms with Crippen molar-refractivity contribution in [2.45, 2.75) is 0 Å². The van der Waals surface area contributed by atoms with Gasteiger partial charge in [0.15, 0.2) is 0 Å². The molecule has 16 aromatic rings. The second kappa shape index (κ2) is 19.0. The molecule has 4 heteroatoms. The zero-order valence-electron chi connectivity index (χ0n) is 43.4. The molecule has 0 amide bonds. The molecule has 14 aromatic carbocycles. The van der Waals surface area contributed by atoms with Gasteiger partial charge in [-0.05, 0) is 126 Å². The van der Waals surface area contributed by atoms with Crippen LogP contribution in [-0.4, -0.2) is 0 Å². The summed E-state index contributed by atoms with van der Waals surface area (Å²) in [4.78, 5) is 4.93. The van der Waals surface area contributed by atoms with Gasteiger partial charge in [0.2, 0.25) is 0 Å². The molecule has 16 rings (SSSR count). The van der Waals surface area contributed by atoms with Crippen LogP contribution in [0.4, 0.5) is 34.1 Å². The van der Waals surface area contributed by atoms with Crippen LogP contribution in [-0.2, 0) is 0 Å². The summed E-state index contributed by atoms with van der Waals surface area (Å²) in [5.74, 6) is 0. The molecule has 2 nitrogen and oxygen atoms in total. The van der Waals surface area contributed by atoms with Gasteiger partial charge in [-0.25, -0.2) is 0 Å². The first-order valence-electron chi connectivity index (χ1n) is 27.3. The maximum atomic E-state index is 2.47. The zero-order chi connectivity index (χ0) is 52.7. The van der Waals surface area contributed by atoms with Crippen LogP contribution in [0.1, 0.15) is 0 Å². The summed E-state index contributed by atoms with van der Waals surface area (Å²) in [7, 11) is 0. The van der Waals surface area contributed by atoms with Gasteiger partial charge in [-0.15, -0.1) is 22.7 Å². The Hall–Kier alpha value is -9.84. The van der Waals surface area contributed by atoms with E-state index in [1.807, 2.05) is 22.7 Å². The van der Waals surface area contributed by atoms with Crippen molar-refractivity contribution in [1.29, 1.82) is 0 Å². The molecule has 0 atom stereocenters. The molecule has 0 unspecified atom stereocenters. The maximum Gasteiger partial charge on any atom is 0.0640 e. The molecule has 0 aliphatic rings. The van der Waals surface area contributed by atoms with Gasteiger partial charge in [0, 0.05) is 53.4 Å². The molecule has 374 valence electrons. The first-order valence-corrected chi connectivity index (χ1v) is 28.9. The Morgan fingerprint density at radius 2 is 0.562 bits per heavy atom. The topological polar surface area (TPSA) is 6.48 Å². The molecule has 2 aromatic heterocycles. The lowest BCUT2D eigenvalue weighted by Crippen LogP contribution is -2.11. The van der Waals surface area contributed by atoms with Crippen molar-refractivity contribution in [1.82, 2.24) is 0 Å². The van der Waals surface area contributed by atoms with Crippen LogP contribution in [0.2, 0.25) is 0 Å². The molecule has 0 aliphatic heterocycles. The third kappa shape index (κ3) is 7.52. The molecule has 0 spiro atoms. The number of benzene rings is 14. The van der Waals surface area contributed by atoms with Gasteiger partial charge in [0.25, 0.3) is 0 Å². The average Bonchev–Trinajstić information content (AvgIpc) is 4.26. The van der Waals surface area contributed by atoms with E-state index in [2.05, 4.69) is 301 Å². The zero-order valence-corrected chi connectivity index (χ0v) is 45.1. The van der Waals surface area contributed by atoms with Crippen molar-refractivity contribution >= 4 is 129 Å². The van der Waals surface area contributed by atoms with Crippen LogP contribution in [0.3, 0.4) is 0 Å². The summed E-state index contributed by atoms with van der Waals surface area (Å²) < 4.78 is 5.13. The molecule has 0 fully saturated rings. The highest BCUT2D eigenvalue weighted by Gasteiger charge is 2.24. The Morgan fingerprint density at radius 1 is 0.212 bits per heavy atom. The summed E-state index contributed by atoms with van der Waals surface area (Å²) in [5, 5.41) is 12.7. The minimum Gasteiger partial charge on any atom is -0.308 e. The lowest BCUT2D eigenvalue weighted by atomic mass is 9.87. The third-order valence-electron chi connectivity index (χ3n) is 16.2. The maximum absolute atomic E-state index is 2.47. The summed E-state index contributed by atoms with van der Waals surface area (Å²) in [6, 6.07) is 107. The summed E-state index contributed by atoms with van der Waals surface area (Å²) in [6.45, 7) is 0. The average molecular weight is 1050 g/mol. The van der Waals surface area contributed by atoms with E-state index < -0.39 is 0 Å². The van der Waals surface area contributed by atoms with E-state index in [1.165, 1.54) is 129 Å². The van der Waals surface area contributed by atoms with Crippen molar-refractivity contribution in [2.24, 2.45) is 0 Å². The van der Waals surface area contributed by atoms with Gasteiger partial charge in [-0.3, -0.25) is 0 Å². The normalized spacial score (nSPS) is 11.8. The fourth-order valence-electron chi connectivity index (χ4n) is 12.6. The smallest absolute Gasteiger partial charge is 0.0640 e. The Morgan fingerprint density at radius 3 is 1.01 bits per heavy atom. The Kier molecular flexibility index (Phi) is 11.0. The summed E-state index contributed by atoms with van der Waals surface area (Å²) in [6.07, 6.45) is 0. The number of hydrogen-bond donors (Lipinski definition) is 0. The standard InChI is InChI=1S/C76H48N2S2/c1-3-17-49(18-4-1)59-21-7-11-27-67(59)77(69-29-15-25-65-61-23-9-13-31-71(61)79-75(65)69)55-41-33-51(34-42-55)57-45-37-53-40-48-64-58(46-38-54-39-47-63(57)73(53)74(54)64)52-35-43-56(44-36-52)78(68-28-12-8-22-60(68)50-19-5-2-6-20-50)70-30-16-26-66-62-24-10-14-32-72(62)80-76(66)70/h1-48H. The van der Waals surface area contributed by atoms with Crippen LogP contribution in [0, 0.1) is 0 Å². The first-order chi connectivity index (χ1) is 39.7. The number of nitrogens with zero attached hydrogens (tertiary/aromatic N) is 2. The van der Waals surface area contributed by atoms with E-state index >= 15 is 0 Å². The van der Waals surface area contributed by atoms with Crippen molar-refractivity contribution in [2.75, 3.05) is 9.80 Å². The van der Waals surface area contributed by atoms with E-state index in [1.54, 1.807) is 0 Å². The Balaban J connectivity index is 0.804. The fourth-order valence-corrected chi connectivity index (χ4v) is 15.0. The predicted octanol–water partition coefficient (Wildman–Crippen LogP) is 22.9. The minimum atomic E-state index is 1.11. The van der Waals surface area contributed by atoms with Gasteiger partial charge in [-0.2, -0.15) is 0 Å². The molecule has 2 heterocycles. The van der Waals surface area contributed by atoms with E-state index in [0.29, 0.717) is 0 Å². The SMILES string of the molecule is c1ccc(-c2ccccc2N(c2ccc(-c3ccc4ccc5c(-c6ccc(N(c7ccccc7-c7ccccc7)c7cccc8c7sc7ccccc78)cc6)ccc6ccc3c4c65)cc2)c2cccc3c2sc2ccccc23)cc1. The van der Waals surface area contributed by atoms with Crippen molar-refractivity contribution < 1.29 is 0 Å². The van der Waals surface area contributed by atoms with Crippen LogP contribution in [0.25, 0.3) is 117 Å². The van der Waals surface area contributed by atoms with Crippen LogP contribution < -0.4 is 9.80 Å². The molecule has 0 bridgehead atoms. The van der Waals surface area contributed by atoms with E-state index in [-0.39, 0.29) is 0 Å². The highest BCUT2D eigenvalue weighted by molar-refractivity contribution is 7.26. The number of fused-ring (bicyclic) bond motifs is 6. The van der Waals surface area contributed by atoms with Crippen molar-refractivity contribution in [3.63, 3.8) is 0 Å². The number of thiophene rings is 2. The van der Waals surface area contributed by atoms with Crippen molar-refractivity contribution in [3.05, 3.63) is 291 Å². The van der Waals surface area contributed by atoms with Gasteiger partial charge in [0.05, 0.1) is 32.1 Å². The number of rotatable bonds is 10. The highest BCUT2D eigenvalue weighted by Crippen LogP contribution is 2.51. The third-order valence-corrected chi connectivity index (χ3v) is 18.7. The molecular weight excluding hydrogens is 1000 g/mol. The monoisotopic (exact) mass is 1050 g/mol. The van der Waals surface area contributed by atoms with Crippen LogP contribution >= 0.6 is 22.7 Å². The molecular formula is C76H48N2S2. The van der Waals surface area contributed by atoms with Gasteiger partial charge in [0.1, 0.15) is 0 Å². The van der Waals surface area contributed by atoms with Gasteiger partial charge >= 0.3 is 0 Å². The molecule has 0 aliphatic carbocycles. The van der Waals surface area contributed by atoms with E-state index in [4.69, 9.17) is 0 Å². The molecule has 0 radical (unpaired) electrons. The summed E-state index contributed by atoms with van der Waals surface area (Å²) in [5.41, 5.74) is 16.4.